The second-order valence-electron chi connectivity index (χ2n) is 6.38. The van der Waals surface area contributed by atoms with Gasteiger partial charge in [-0.2, -0.15) is 0 Å². The van der Waals surface area contributed by atoms with Crippen LogP contribution < -0.4 is 0 Å². The molecular weight excluding hydrogens is 252 g/mol. The van der Waals surface area contributed by atoms with Crippen molar-refractivity contribution >= 4 is 11.6 Å². The van der Waals surface area contributed by atoms with Crippen LogP contribution in [-0.2, 0) is 6.42 Å². The van der Waals surface area contributed by atoms with Crippen LogP contribution in [0.4, 0.5) is 0 Å². The molecule has 0 heterocycles. The van der Waals surface area contributed by atoms with E-state index in [1.807, 2.05) is 0 Å². The van der Waals surface area contributed by atoms with E-state index >= 15 is 0 Å². The van der Waals surface area contributed by atoms with Gasteiger partial charge in [-0.25, -0.2) is 0 Å². The Morgan fingerprint density at radius 2 is 2.00 bits per heavy atom. The van der Waals surface area contributed by atoms with Crippen molar-refractivity contribution in [3.05, 3.63) is 34.9 Å². The predicted molar refractivity (Wildman–Crippen MR) is 85.0 cm³/mol. The highest BCUT2D eigenvalue weighted by atomic mass is 35.5. The lowest BCUT2D eigenvalue weighted by Gasteiger charge is -2.33. The minimum atomic E-state index is 0.382. The number of rotatable bonds is 4. The summed E-state index contributed by atoms with van der Waals surface area (Å²) in [6.45, 7) is 6.71. The lowest BCUT2D eigenvalue weighted by atomic mass is 9.76. The summed E-state index contributed by atoms with van der Waals surface area (Å²) in [6.07, 6.45) is 7.74. The van der Waals surface area contributed by atoms with Gasteiger partial charge >= 0.3 is 0 Å². The topological polar surface area (TPSA) is 0 Å². The van der Waals surface area contributed by atoms with Crippen molar-refractivity contribution in [2.45, 2.75) is 64.7 Å². The van der Waals surface area contributed by atoms with Gasteiger partial charge in [-0.15, -0.1) is 11.6 Å². The fraction of sp³-hybridized carbons (Fsp3) is 0.667. The molecule has 1 heteroatoms. The Morgan fingerprint density at radius 1 is 1.21 bits per heavy atom. The van der Waals surface area contributed by atoms with Gasteiger partial charge < -0.3 is 0 Å². The first kappa shape index (κ1) is 14.9. The zero-order valence-electron chi connectivity index (χ0n) is 12.6. The average Bonchev–Trinajstić information content (AvgIpc) is 2.38. The summed E-state index contributed by atoms with van der Waals surface area (Å²) in [6, 6.07) is 6.81. The van der Waals surface area contributed by atoms with Crippen LogP contribution in [0.3, 0.4) is 0 Å². The SMILES string of the molecule is CCCC1CCC(Cl)C(Cc2cc(C)ccc2C)C1. The smallest absolute Gasteiger partial charge is 0.0367 e. The largest absolute Gasteiger partial charge is 0.123 e. The van der Waals surface area contributed by atoms with Crippen LogP contribution in [-0.4, -0.2) is 5.38 Å². The van der Waals surface area contributed by atoms with E-state index in [2.05, 4.69) is 39.0 Å². The van der Waals surface area contributed by atoms with Gasteiger partial charge in [0.2, 0.25) is 0 Å². The van der Waals surface area contributed by atoms with Crippen LogP contribution in [0.1, 0.15) is 55.7 Å². The molecule has 3 atom stereocenters. The molecule has 1 fully saturated rings. The van der Waals surface area contributed by atoms with E-state index in [4.69, 9.17) is 11.6 Å². The molecule has 0 bridgehead atoms. The van der Waals surface area contributed by atoms with Crippen LogP contribution in [0, 0.1) is 25.7 Å². The highest BCUT2D eigenvalue weighted by molar-refractivity contribution is 6.20. The van der Waals surface area contributed by atoms with Crippen molar-refractivity contribution in [2.24, 2.45) is 11.8 Å². The third-order valence-electron chi connectivity index (χ3n) is 4.68. The van der Waals surface area contributed by atoms with Crippen LogP contribution in [0.15, 0.2) is 18.2 Å². The summed E-state index contributed by atoms with van der Waals surface area (Å²) in [5.74, 6) is 1.59. The first-order valence-electron chi connectivity index (χ1n) is 7.80. The van der Waals surface area contributed by atoms with E-state index in [0.717, 1.165) is 5.92 Å². The fourth-order valence-electron chi connectivity index (χ4n) is 3.51. The van der Waals surface area contributed by atoms with Crippen molar-refractivity contribution < 1.29 is 0 Å². The van der Waals surface area contributed by atoms with Crippen LogP contribution >= 0.6 is 11.6 Å². The summed E-state index contributed by atoms with van der Waals surface area (Å²) in [5, 5.41) is 0.382. The standard InChI is InChI=1S/C18H27Cl/c1-4-5-15-8-9-18(19)17(11-15)12-16-10-13(2)6-7-14(16)3/h6-7,10,15,17-18H,4-5,8-9,11-12H2,1-3H3. The third-order valence-corrected chi connectivity index (χ3v) is 5.26. The highest BCUT2D eigenvalue weighted by Gasteiger charge is 2.29. The van der Waals surface area contributed by atoms with Crippen LogP contribution in [0.5, 0.6) is 0 Å². The van der Waals surface area contributed by atoms with Crippen molar-refractivity contribution in [3.63, 3.8) is 0 Å². The van der Waals surface area contributed by atoms with Gasteiger partial charge in [-0.1, -0.05) is 43.5 Å². The number of alkyl halides is 1. The molecule has 1 saturated carbocycles. The van der Waals surface area contributed by atoms with Gasteiger partial charge in [-0.05, 0) is 62.5 Å². The zero-order chi connectivity index (χ0) is 13.8. The van der Waals surface area contributed by atoms with Crippen molar-refractivity contribution in [3.8, 4) is 0 Å². The lowest BCUT2D eigenvalue weighted by molar-refractivity contribution is 0.257. The molecule has 0 saturated heterocycles. The maximum absolute atomic E-state index is 6.59. The number of aryl methyl sites for hydroxylation is 2. The molecule has 19 heavy (non-hydrogen) atoms. The summed E-state index contributed by atoms with van der Waals surface area (Å²) in [7, 11) is 0. The number of benzene rings is 1. The molecule has 0 amide bonds. The van der Waals surface area contributed by atoms with E-state index in [0.29, 0.717) is 11.3 Å². The molecule has 0 spiro atoms. The Hall–Kier alpha value is -0.490. The van der Waals surface area contributed by atoms with E-state index in [1.165, 1.54) is 55.2 Å². The molecule has 3 unspecified atom stereocenters. The van der Waals surface area contributed by atoms with Gasteiger partial charge in [0, 0.05) is 5.38 Å². The maximum atomic E-state index is 6.59. The Bertz CT molecular complexity index is 410. The van der Waals surface area contributed by atoms with E-state index in [1.54, 1.807) is 0 Å². The molecule has 1 aliphatic carbocycles. The predicted octanol–water partition coefficient (Wildman–Crippen LogP) is 5.67. The Kier molecular flexibility index (Phi) is 5.33. The van der Waals surface area contributed by atoms with Gasteiger partial charge in [-0.3, -0.25) is 0 Å². The summed E-state index contributed by atoms with van der Waals surface area (Å²) < 4.78 is 0. The highest BCUT2D eigenvalue weighted by Crippen LogP contribution is 2.37. The Balaban J connectivity index is 2.05. The molecule has 2 rings (SSSR count). The normalized spacial score (nSPS) is 27.5. The van der Waals surface area contributed by atoms with Crippen LogP contribution in [0.25, 0.3) is 0 Å². The molecular formula is C18H27Cl. The minimum absolute atomic E-state index is 0.382. The molecule has 106 valence electrons. The van der Waals surface area contributed by atoms with Gasteiger partial charge in [0.05, 0.1) is 0 Å². The third kappa shape index (κ3) is 3.99. The van der Waals surface area contributed by atoms with Gasteiger partial charge in [0.1, 0.15) is 0 Å². The number of halogens is 1. The second-order valence-corrected chi connectivity index (χ2v) is 6.94. The Morgan fingerprint density at radius 3 is 2.74 bits per heavy atom. The first-order valence-corrected chi connectivity index (χ1v) is 8.24. The average molecular weight is 279 g/mol. The zero-order valence-corrected chi connectivity index (χ0v) is 13.3. The van der Waals surface area contributed by atoms with Gasteiger partial charge in [0.25, 0.3) is 0 Å². The van der Waals surface area contributed by atoms with Crippen molar-refractivity contribution in [1.29, 1.82) is 0 Å². The number of hydrogen-bond acceptors (Lipinski definition) is 0. The van der Waals surface area contributed by atoms with Crippen LogP contribution in [0.2, 0.25) is 0 Å². The van der Waals surface area contributed by atoms with E-state index in [-0.39, 0.29) is 0 Å². The Labute approximate surface area is 123 Å². The number of hydrogen-bond donors (Lipinski definition) is 0. The summed E-state index contributed by atoms with van der Waals surface area (Å²) >= 11 is 6.59. The molecule has 1 aliphatic rings. The molecule has 0 radical (unpaired) electrons. The van der Waals surface area contributed by atoms with E-state index in [9.17, 15) is 0 Å². The minimum Gasteiger partial charge on any atom is -0.123 e. The molecule has 1 aromatic carbocycles. The molecule has 0 aliphatic heterocycles. The van der Waals surface area contributed by atoms with E-state index < -0.39 is 0 Å². The quantitative estimate of drug-likeness (QED) is 0.623. The summed E-state index contributed by atoms with van der Waals surface area (Å²) in [5.41, 5.74) is 4.30. The van der Waals surface area contributed by atoms with Crippen molar-refractivity contribution in [1.82, 2.24) is 0 Å². The molecule has 1 aromatic rings. The molecule has 0 N–H and O–H groups in total. The molecule has 0 aromatic heterocycles. The first-order chi connectivity index (χ1) is 9.10. The van der Waals surface area contributed by atoms with Gasteiger partial charge in [0.15, 0.2) is 0 Å². The monoisotopic (exact) mass is 278 g/mol. The van der Waals surface area contributed by atoms with Crippen molar-refractivity contribution in [2.75, 3.05) is 0 Å². The maximum Gasteiger partial charge on any atom is 0.0367 e. The lowest BCUT2D eigenvalue weighted by Crippen LogP contribution is -2.27. The fourth-order valence-corrected chi connectivity index (χ4v) is 3.83. The molecule has 0 nitrogen and oxygen atoms in total. The second kappa shape index (κ2) is 6.79. The summed E-state index contributed by atoms with van der Waals surface area (Å²) in [4.78, 5) is 0.